The number of ether oxygens (including phenoxy) is 2. The van der Waals surface area contributed by atoms with Crippen molar-refractivity contribution in [1.29, 1.82) is 0 Å². The highest BCUT2D eigenvalue weighted by Crippen LogP contribution is 2.32. The lowest BCUT2D eigenvalue weighted by atomic mass is 9.82. The summed E-state index contributed by atoms with van der Waals surface area (Å²) < 4.78 is 10.3. The first-order valence-corrected chi connectivity index (χ1v) is 8.97. The van der Waals surface area contributed by atoms with Gasteiger partial charge in [-0.1, -0.05) is 6.07 Å². The molecule has 0 bridgehead atoms. The number of nitrogens with one attached hydrogen (secondary N) is 2. The largest absolute Gasteiger partial charge is 0.497 e. The fraction of sp³-hybridized carbons (Fsp3) is 0.579. The van der Waals surface area contributed by atoms with Gasteiger partial charge in [0.2, 0.25) is 11.8 Å². The van der Waals surface area contributed by atoms with Crippen LogP contribution in [-0.4, -0.2) is 63.7 Å². The molecule has 1 unspecified atom stereocenters. The Morgan fingerprint density at radius 2 is 2.15 bits per heavy atom. The average molecular weight is 363 g/mol. The molecule has 2 amide bonds. The van der Waals surface area contributed by atoms with Crippen LogP contribution in [0.5, 0.6) is 5.75 Å². The zero-order valence-corrected chi connectivity index (χ0v) is 15.8. The van der Waals surface area contributed by atoms with Crippen LogP contribution in [-0.2, 0) is 14.3 Å². The van der Waals surface area contributed by atoms with Crippen molar-refractivity contribution in [3.63, 3.8) is 0 Å². The molecule has 0 aliphatic carbocycles. The topological polar surface area (TPSA) is 79.9 Å². The highest BCUT2D eigenvalue weighted by atomic mass is 16.5. The maximum atomic E-state index is 13.1. The van der Waals surface area contributed by atoms with Gasteiger partial charge in [0.05, 0.1) is 19.1 Å². The van der Waals surface area contributed by atoms with Gasteiger partial charge in [0.15, 0.2) is 0 Å². The quantitative estimate of drug-likeness (QED) is 0.695. The zero-order valence-electron chi connectivity index (χ0n) is 15.8. The van der Waals surface area contributed by atoms with E-state index in [0.29, 0.717) is 37.6 Å². The van der Waals surface area contributed by atoms with Crippen LogP contribution in [0.15, 0.2) is 24.3 Å². The molecule has 1 heterocycles. The number of anilines is 1. The Bertz CT molecular complexity index is 615. The lowest BCUT2D eigenvalue weighted by Crippen LogP contribution is -2.48. The number of hydrogen-bond acceptors (Lipinski definition) is 5. The molecule has 1 atom stereocenters. The monoisotopic (exact) mass is 363 g/mol. The van der Waals surface area contributed by atoms with Gasteiger partial charge in [-0.25, -0.2) is 0 Å². The standard InChI is InChI=1S/C19H29N3O4/c1-4-22(18(24)19(9-11-25-2)8-10-20-14-19)13-17(23)21-15-6-5-7-16(12-15)26-3/h5-7,12,20H,4,8-11,13-14H2,1-3H3,(H,21,23). The van der Waals surface area contributed by atoms with Gasteiger partial charge in [0.25, 0.3) is 0 Å². The highest BCUT2D eigenvalue weighted by Gasteiger charge is 2.43. The SMILES string of the molecule is CCN(CC(=O)Nc1cccc(OC)c1)C(=O)C1(CCOC)CCNC1. The summed E-state index contributed by atoms with van der Waals surface area (Å²) in [6.07, 6.45) is 1.42. The fourth-order valence-electron chi connectivity index (χ4n) is 3.28. The van der Waals surface area contributed by atoms with Crippen LogP contribution in [0.25, 0.3) is 0 Å². The lowest BCUT2D eigenvalue weighted by molar-refractivity contribution is -0.144. The van der Waals surface area contributed by atoms with E-state index in [-0.39, 0.29) is 18.4 Å². The van der Waals surface area contributed by atoms with E-state index in [1.54, 1.807) is 37.3 Å². The highest BCUT2D eigenvalue weighted by molar-refractivity contribution is 5.95. The maximum absolute atomic E-state index is 13.1. The summed E-state index contributed by atoms with van der Waals surface area (Å²) in [7, 11) is 3.22. The molecule has 0 saturated carbocycles. The smallest absolute Gasteiger partial charge is 0.243 e. The molecule has 144 valence electrons. The van der Waals surface area contributed by atoms with E-state index in [1.807, 2.05) is 13.0 Å². The molecular formula is C19H29N3O4. The number of carbonyl (C=O) groups is 2. The summed E-state index contributed by atoms with van der Waals surface area (Å²) in [5.41, 5.74) is 0.164. The Labute approximate surface area is 155 Å². The van der Waals surface area contributed by atoms with E-state index in [9.17, 15) is 9.59 Å². The van der Waals surface area contributed by atoms with E-state index in [0.717, 1.165) is 13.0 Å². The number of amides is 2. The van der Waals surface area contributed by atoms with Crippen LogP contribution in [0.4, 0.5) is 5.69 Å². The van der Waals surface area contributed by atoms with Crippen molar-refractivity contribution in [3.05, 3.63) is 24.3 Å². The van der Waals surface area contributed by atoms with Crippen molar-refractivity contribution in [2.45, 2.75) is 19.8 Å². The molecule has 2 N–H and O–H groups in total. The van der Waals surface area contributed by atoms with Crippen molar-refractivity contribution >= 4 is 17.5 Å². The molecule has 1 aliphatic heterocycles. The molecule has 0 radical (unpaired) electrons. The van der Waals surface area contributed by atoms with Crippen LogP contribution in [0.3, 0.4) is 0 Å². The van der Waals surface area contributed by atoms with Gasteiger partial charge < -0.3 is 25.0 Å². The lowest BCUT2D eigenvalue weighted by Gasteiger charge is -2.33. The molecule has 0 aromatic heterocycles. The number of nitrogens with zero attached hydrogens (tertiary/aromatic N) is 1. The first kappa shape index (κ1) is 20.2. The molecule has 1 saturated heterocycles. The molecule has 7 nitrogen and oxygen atoms in total. The number of hydrogen-bond donors (Lipinski definition) is 2. The number of methoxy groups -OCH3 is 2. The number of likely N-dealkylation sites (N-methyl/N-ethyl adjacent to an activating group) is 1. The van der Waals surface area contributed by atoms with E-state index >= 15 is 0 Å². The predicted molar refractivity (Wildman–Crippen MR) is 100 cm³/mol. The van der Waals surface area contributed by atoms with Crippen molar-refractivity contribution in [3.8, 4) is 5.75 Å². The predicted octanol–water partition coefficient (Wildman–Crippen LogP) is 1.50. The van der Waals surface area contributed by atoms with Gasteiger partial charge >= 0.3 is 0 Å². The number of rotatable bonds is 9. The van der Waals surface area contributed by atoms with E-state index in [1.165, 1.54) is 0 Å². The third-order valence-electron chi connectivity index (χ3n) is 4.84. The van der Waals surface area contributed by atoms with Crippen molar-refractivity contribution < 1.29 is 19.1 Å². The minimum absolute atomic E-state index is 0.0165. The second-order valence-electron chi connectivity index (χ2n) is 6.55. The minimum atomic E-state index is -0.484. The molecule has 1 fully saturated rings. The van der Waals surface area contributed by atoms with Crippen LogP contribution < -0.4 is 15.4 Å². The maximum Gasteiger partial charge on any atom is 0.243 e. The molecular weight excluding hydrogens is 334 g/mol. The van der Waals surface area contributed by atoms with Crippen LogP contribution in [0, 0.1) is 5.41 Å². The van der Waals surface area contributed by atoms with Gasteiger partial charge in [-0.05, 0) is 38.4 Å². The molecule has 2 rings (SSSR count). The third-order valence-corrected chi connectivity index (χ3v) is 4.84. The molecule has 0 spiro atoms. The van der Waals surface area contributed by atoms with Gasteiger partial charge in [-0.15, -0.1) is 0 Å². The first-order chi connectivity index (χ1) is 12.5. The van der Waals surface area contributed by atoms with Crippen LogP contribution in [0.2, 0.25) is 0 Å². The number of benzene rings is 1. The fourth-order valence-corrected chi connectivity index (χ4v) is 3.28. The average Bonchev–Trinajstić information content (AvgIpc) is 3.14. The van der Waals surface area contributed by atoms with Crippen molar-refractivity contribution in [2.75, 3.05) is 52.3 Å². The van der Waals surface area contributed by atoms with Gasteiger partial charge in [-0.3, -0.25) is 9.59 Å². The first-order valence-electron chi connectivity index (χ1n) is 8.97. The van der Waals surface area contributed by atoms with Gasteiger partial charge in [0.1, 0.15) is 5.75 Å². The molecule has 26 heavy (non-hydrogen) atoms. The summed E-state index contributed by atoms with van der Waals surface area (Å²) in [6.45, 7) is 4.37. The Morgan fingerprint density at radius 1 is 1.35 bits per heavy atom. The molecule has 1 aliphatic rings. The summed E-state index contributed by atoms with van der Waals surface area (Å²) >= 11 is 0. The molecule has 1 aromatic rings. The summed E-state index contributed by atoms with van der Waals surface area (Å²) in [5.74, 6) is 0.464. The summed E-state index contributed by atoms with van der Waals surface area (Å²) in [4.78, 5) is 27.2. The minimum Gasteiger partial charge on any atom is -0.497 e. The second-order valence-corrected chi connectivity index (χ2v) is 6.55. The van der Waals surface area contributed by atoms with Crippen molar-refractivity contribution in [1.82, 2.24) is 10.2 Å². The van der Waals surface area contributed by atoms with Crippen molar-refractivity contribution in [2.24, 2.45) is 5.41 Å². The number of carbonyl (C=O) groups excluding carboxylic acids is 2. The normalized spacial score (nSPS) is 19.2. The zero-order chi connectivity index (χ0) is 19.0. The van der Waals surface area contributed by atoms with E-state index in [4.69, 9.17) is 9.47 Å². The van der Waals surface area contributed by atoms with Crippen LogP contribution >= 0.6 is 0 Å². The van der Waals surface area contributed by atoms with E-state index in [2.05, 4.69) is 10.6 Å². The van der Waals surface area contributed by atoms with Gasteiger partial charge in [-0.2, -0.15) is 0 Å². The van der Waals surface area contributed by atoms with E-state index < -0.39 is 5.41 Å². The van der Waals surface area contributed by atoms with Gasteiger partial charge in [0, 0.05) is 38.6 Å². The summed E-state index contributed by atoms with van der Waals surface area (Å²) in [5, 5.41) is 6.10. The van der Waals surface area contributed by atoms with Crippen LogP contribution in [0.1, 0.15) is 19.8 Å². The Morgan fingerprint density at radius 3 is 2.77 bits per heavy atom. The molecule has 7 heteroatoms. The Kier molecular flexibility index (Phi) is 7.41. The summed E-state index contributed by atoms with van der Waals surface area (Å²) in [6, 6.07) is 7.15. The Hall–Kier alpha value is -2.12. The Balaban J connectivity index is 2.02. The third kappa shape index (κ3) is 4.95. The second kappa shape index (κ2) is 9.54. The molecule has 1 aromatic carbocycles.